The molecule has 2 aromatic rings. The van der Waals surface area contributed by atoms with Gasteiger partial charge >= 0.3 is 6.03 Å². The first-order valence-electron chi connectivity index (χ1n) is 8.05. The lowest BCUT2D eigenvalue weighted by Gasteiger charge is -2.50. The third-order valence-corrected chi connectivity index (χ3v) is 4.93. The molecule has 4 rings (SSSR count). The van der Waals surface area contributed by atoms with Crippen LogP contribution in [0.4, 0.5) is 4.79 Å². The predicted octanol–water partition coefficient (Wildman–Crippen LogP) is 3.51. The van der Waals surface area contributed by atoms with Crippen LogP contribution >= 0.6 is 11.6 Å². The highest BCUT2D eigenvalue weighted by Gasteiger charge is 2.50. The number of methoxy groups -OCH3 is 1. The summed E-state index contributed by atoms with van der Waals surface area (Å²) < 4.78 is 11.7. The van der Waals surface area contributed by atoms with E-state index in [-0.39, 0.29) is 12.1 Å². The van der Waals surface area contributed by atoms with Gasteiger partial charge in [-0.3, -0.25) is 9.88 Å². The van der Waals surface area contributed by atoms with Crippen LogP contribution < -0.4 is 14.8 Å². The summed E-state index contributed by atoms with van der Waals surface area (Å²) in [6.07, 6.45) is 2.33. The normalized spacial score (nSPS) is 24.2. The third kappa shape index (κ3) is 2.66. The Labute approximate surface area is 150 Å². The van der Waals surface area contributed by atoms with Crippen LogP contribution in [0.25, 0.3) is 0 Å². The summed E-state index contributed by atoms with van der Waals surface area (Å²) >= 11 is 6.18. The summed E-state index contributed by atoms with van der Waals surface area (Å²) in [5.74, 6) is 1.18. The van der Waals surface area contributed by atoms with E-state index in [1.54, 1.807) is 24.3 Å². The van der Waals surface area contributed by atoms with Gasteiger partial charge in [0.2, 0.25) is 0 Å². The number of carbonyl (C=O) groups excluding carboxylic acids is 1. The van der Waals surface area contributed by atoms with Crippen molar-refractivity contribution in [1.29, 1.82) is 0 Å². The Kier molecular flexibility index (Phi) is 3.72. The second-order valence-electron chi connectivity index (χ2n) is 6.42. The molecule has 1 saturated heterocycles. The fourth-order valence-corrected chi connectivity index (χ4v) is 3.70. The highest BCUT2D eigenvalue weighted by molar-refractivity contribution is 6.30. The molecule has 0 spiro atoms. The lowest BCUT2D eigenvalue weighted by molar-refractivity contribution is -0.0895. The predicted molar refractivity (Wildman–Crippen MR) is 92.7 cm³/mol. The molecule has 7 heteroatoms. The van der Waals surface area contributed by atoms with Gasteiger partial charge in [-0.2, -0.15) is 0 Å². The van der Waals surface area contributed by atoms with E-state index in [0.717, 1.165) is 11.3 Å². The van der Waals surface area contributed by atoms with Gasteiger partial charge in [-0.25, -0.2) is 4.79 Å². The molecule has 1 aromatic heterocycles. The number of rotatable bonds is 3. The molecule has 2 amide bonds. The zero-order valence-electron chi connectivity index (χ0n) is 14.0. The molecule has 25 heavy (non-hydrogen) atoms. The minimum Gasteiger partial charge on any atom is -0.493 e. The molecule has 2 unspecified atom stereocenters. The summed E-state index contributed by atoms with van der Waals surface area (Å²) in [7, 11) is 1.58. The van der Waals surface area contributed by atoms with Crippen molar-refractivity contribution in [3.8, 4) is 11.5 Å². The van der Waals surface area contributed by atoms with Crippen LogP contribution in [0.15, 0.2) is 36.5 Å². The number of nitrogens with one attached hydrogen (secondary N) is 1. The number of nitrogens with zero attached hydrogens (tertiary/aromatic N) is 2. The van der Waals surface area contributed by atoms with Crippen molar-refractivity contribution in [1.82, 2.24) is 15.2 Å². The number of benzene rings is 1. The number of ether oxygens (including phenoxy) is 2. The van der Waals surface area contributed by atoms with Crippen molar-refractivity contribution in [3.63, 3.8) is 0 Å². The summed E-state index contributed by atoms with van der Waals surface area (Å²) in [6, 6.07) is 8.81. The molecule has 2 bridgehead atoms. The average molecular weight is 360 g/mol. The van der Waals surface area contributed by atoms with Crippen LogP contribution in [-0.2, 0) is 6.54 Å². The van der Waals surface area contributed by atoms with Crippen LogP contribution in [0.3, 0.4) is 0 Å². The molecule has 2 aliphatic heterocycles. The van der Waals surface area contributed by atoms with Gasteiger partial charge in [-0.15, -0.1) is 0 Å². The van der Waals surface area contributed by atoms with Crippen molar-refractivity contribution >= 4 is 17.6 Å². The monoisotopic (exact) mass is 359 g/mol. The minimum atomic E-state index is -0.793. The fourth-order valence-electron chi connectivity index (χ4n) is 3.49. The number of aromatic nitrogens is 1. The van der Waals surface area contributed by atoms with Gasteiger partial charge in [0.05, 0.1) is 25.4 Å². The SMILES string of the molecule is COc1cc(Cl)cc2c1OC1(C)CC2NC(=O)N1Cc1ccccn1. The fraction of sp³-hybridized carbons (Fsp3) is 0.333. The quantitative estimate of drug-likeness (QED) is 0.910. The molecule has 2 aliphatic rings. The van der Waals surface area contributed by atoms with E-state index in [1.807, 2.05) is 31.2 Å². The van der Waals surface area contributed by atoms with E-state index >= 15 is 0 Å². The first-order valence-corrected chi connectivity index (χ1v) is 8.42. The first-order chi connectivity index (χ1) is 12.0. The molecule has 1 fully saturated rings. The zero-order valence-corrected chi connectivity index (χ0v) is 14.7. The van der Waals surface area contributed by atoms with Crippen LogP contribution in [0.1, 0.15) is 30.6 Å². The van der Waals surface area contributed by atoms with E-state index in [4.69, 9.17) is 21.1 Å². The first kappa shape index (κ1) is 16.0. The van der Waals surface area contributed by atoms with Gasteiger partial charge in [0, 0.05) is 29.3 Å². The minimum absolute atomic E-state index is 0.172. The Morgan fingerprint density at radius 1 is 1.48 bits per heavy atom. The van der Waals surface area contributed by atoms with E-state index < -0.39 is 5.72 Å². The van der Waals surface area contributed by atoms with E-state index in [9.17, 15) is 4.79 Å². The molecule has 0 saturated carbocycles. The lowest BCUT2D eigenvalue weighted by atomic mass is 9.90. The smallest absolute Gasteiger partial charge is 0.321 e. The molecule has 0 radical (unpaired) electrons. The average Bonchev–Trinajstić information content (AvgIpc) is 2.59. The van der Waals surface area contributed by atoms with E-state index in [0.29, 0.717) is 29.5 Å². The van der Waals surface area contributed by atoms with Gasteiger partial charge in [0.25, 0.3) is 0 Å². The second kappa shape index (κ2) is 5.81. The second-order valence-corrected chi connectivity index (χ2v) is 6.85. The molecule has 6 nitrogen and oxygen atoms in total. The maximum Gasteiger partial charge on any atom is 0.321 e. The zero-order chi connectivity index (χ0) is 17.6. The van der Waals surface area contributed by atoms with Crippen LogP contribution in [-0.4, -0.2) is 28.7 Å². The number of pyridine rings is 1. The Bertz CT molecular complexity index is 830. The van der Waals surface area contributed by atoms with E-state index in [1.165, 1.54) is 0 Å². The molecule has 0 aliphatic carbocycles. The maximum absolute atomic E-state index is 12.7. The van der Waals surface area contributed by atoms with Gasteiger partial charge in [-0.05, 0) is 25.1 Å². The summed E-state index contributed by atoms with van der Waals surface area (Å²) in [5.41, 5.74) is 0.848. The standard InChI is InChI=1S/C18H18ClN3O3/c1-18-9-14(13-7-11(19)8-15(24-2)16(13)25-18)21-17(23)22(18)10-12-5-3-4-6-20-12/h3-8,14H,9-10H2,1-2H3,(H,21,23). The largest absolute Gasteiger partial charge is 0.493 e. The number of halogens is 1. The van der Waals surface area contributed by atoms with Crippen LogP contribution in [0.2, 0.25) is 5.02 Å². The van der Waals surface area contributed by atoms with Crippen molar-refractivity contribution in [3.05, 3.63) is 52.8 Å². The molecule has 130 valence electrons. The maximum atomic E-state index is 12.7. The van der Waals surface area contributed by atoms with Crippen LogP contribution in [0, 0.1) is 0 Å². The van der Waals surface area contributed by atoms with E-state index in [2.05, 4.69) is 10.3 Å². The highest BCUT2D eigenvalue weighted by Crippen LogP contribution is 2.49. The Morgan fingerprint density at radius 2 is 2.32 bits per heavy atom. The summed E-state index contributed by atoms with van der Waals surface area (Å²) in [5, 5.41) is 3.59. The number of carbonyl (C=O) groups is 1. The Balaban J connectivity index is 1.74. The molecule has 1 N–H and O–H groups in total. The van der Waals surface area contributed by atoms with Crippen molar-refractivity contribution in [2.24, 2.45) is 0 Å². The highest BCUT2D eigenvalue weighted by atomic mass is 35.5. The topological polar surface area (TPSA) is 63.7 Å². The molecular weight excluding hydrogens is 342 g/mol. The summed E-state index contributed by atoms with van der Waals surface area (Å²) in [6.45, 7) is 2.28. The molecular formula is C18H18ClN3O3. The molecule has 3 heterocycles. The number of hydrogen-bond donors (Lipinski definition) is 1. The van der Waals surface area contributed by atoms with Crippen LogP contribution in [0.5, 0.6) is 11.5 Å². The number of urea groups is 1. The molecule has 1 aromatic carbocycles. The third-order valence-electron chi connectivity index (χ3n) is 4.71. The number of amides is 2. The van der Waals surface area contributed by atoms with Gasteiger partial charge in [0.1, 0.15) is 0 Å². The number of fused-ring (bicyclic) bond motifs is 4. The van der Waals surface area contributed by atoms with Crippen molar-refractivity contribution in [2.75, 3.05) is 7.11 Å². The molecule has 2 atom stereocenters. The Morgan fingerprint density at radius 3 is 3.04 bits per heavy atom. The Hall–Kier alpha value is -2.47. The van der Waals surface area contributed by atoms with Gasteiger partial charge in [-0.1, -0.05) is 17.7 Å². The van der Waals surface area contributed by atoms with Gasteiger partial charge < -0.3 is 14.8 Å². The lowest BCUT2D eigenvalue weighted by Crippen LogP contribution is -2.64. The van der Waals surface area contributed by atoms with Crippen molar-refractivity contribution < 1.29 is 14.3 Å². The number of hydrogen-bond acceptors (Lipinski definition) is 4. The summed E-state index contributed by atoms with van der Waals surface area (Å²) in [4.78, 5) is 18.7. The van der Waals surface area contributed by atoms with Crippen molar-refractivity contribution in [2.45, 2.75) is 31.7 Å². The van der Waals surface area contributed by atoms with Gasteiger partial charge in [0.15, 0.2) is 17.2 Å².